The summed E-state index contributed by atoms with van der Waals surface area (Å²) in [5, 5.41) is 11.8. The number of ether oxygens (including phenoxy) is 2. The lowest BCUT2D eigenvalue weighted by atomic mass is 10.1. The van der Waals surface area contributed by atoms with Gasteiger partial charge in [0.1, 0.15) is 0 Å². The van der Waals surface area contributed by atoms with E-state index in [9.17, 15) is 9.59 Å². The second-order valence-corrected chi connectivity index (χ2v) is 5.88. The van der Waals surface area contributed by atoms with Gasteiger partial charge in [0.15, 0.2) is 12.3 Å². The average Bonchev–Trinajstić information content (AvgIpc) is 2.72. The predicted molar refractivity (Wildman–Crippen MR) is 99.4 cm³/mol. The zero-order valence-corrected chi connectivity index (χ0v) is 15.0. The molecule has 2 aromatic carbocycles. The van der Waals surface area contributed by atoms with Gasteiger partial charge in [0.25, 0.3) is 5.91 Å². The van der Waals surface area contributed by atoms with Crippen molar-refractivity contribution in [1.82, 2.24) is 15.5 Å². The fourth-order valence-corrected chi connectivity index (χ4v) is 2.68. The SMILES string of the molecule is COC(=O)c1nnc(OCC(=O)N[C@H](C)c2ccccc2)c2ccccc12. The Bertz CT molecular complexity index is 960. The number of hydrogen-bond donors (Lipinski definition) is 1. The standard InChI is InChI=1S/C20H19N3O4/c1-13(14-8-4-3-5-9-14)21-17(24)12-27-19-16-11-7-6-10-15(16)18(22-23-19)20(25)26-2/h3-11,13H,12H2,1-2H3,(H,21,24)/t13-/m1/s1. The summed E-state index contributed by atoms with van der Waals surface area (Å²) < 4.78 is 10.3. The molecule has 3 aromatic rings. The molecule has 3 rings (SSSR count). The van der Waals surface area contributed by atoms with Crippen molar-refractivity contribution in [2.75, 3.05) is 13.7 Å². The second-order valence-electron chi connectivity index (χ2n) is 5.88. The maximum atomic E-state index is 12.2. The van der Waals surface area contributed by atoms with Gasteiger partial charge in [-0.2, -0.15) is 0 Å². The Hall–Kier alpha value is -3.48. The number of fused-ring (bicyclic) bond motifs is 1. The summed E-state index contributed by atoms with van der Waals surface area (Å²) in [6.45, 7) is 1.68. The minimum Gasteiger partial charge on any atom is -0.466 e. The molecule has 0 unspecified atom stereocenters. The molecule has 0 bridgehead atoms. The Kier molecular flexibility index (Phi) is 5.61. The van der Waals surface area contributed by atoms with Gasteiger partial charge in [0.2, 0.25) is 5.88 Å². The quantitative estimate of drug-likeness (QED) is 0.676. The number of carbonyl (C=O) groups excluding carboxylic acids is 2. The van der Waals surface area contributed by atoms with Crippen LogP contribution in [0.5, 0.6) is 5.88 Å². The predicted octanol–water partition coefficient (Wildman–Crippen LogP) is 2.67. The molecule has 1 aromatic heterocycles. The Morgan fingerprint density at radius 1 is 1.00 bits per heavy atom. The number of nitrogens with zero attached hydrogens (tertiary/aromatic N) is 2. The summed E-state index contributed by atoms with van der Waals surface area (Å²) in [6.07, 6.45) is 0. The molecule has 0 saturated heterocycles. The van der Waals surface area contributed by atoms with Gasteiger partial charge in [-0.05, 0) is 18.6 Å². The Morgan fingerprint density at radius 2 is 1.67 bits per heavy atom. The highest BCUT2D eigenvalue weighted by molar-refractivity contribution is 6.03. The lowest BCUT2D eigenvalue weighted by molar-refractivity contribution is -0.123. The van der Waals surface area contributed by atoms with Gasteiger partial charge in [-0.3, -0.25) is 4.79 Å². The smallest absolute Gasteiger partial charge is 0.359 e. The van der Waals surface area contributed by atoms with Crippen molar-refractivity contribution in [2.24, 2.45) is 0 Å². The minimum absolute atomic E-state index is 0.0996. The van der Waals surface area contributed by atoms with Gasteiger partial charge in [0.05, 0.1) is 13.2 Å². The molecule has 0 aliphatic rings. The molecular weight excluding hydrogens is 346 g/mol. The first-order valence-corrected chi connectivity index (χ1v) is 8.41. The summed E-state index contributed by atoms with van der Waals surface area (Å²) in [5.74, 6) is -0.685. The van der Waals surface area contributed by atoms with Crippen LogP contribution in [0.4, 0.5) is 0 Å². The summed E-state index contributed by atoms with van der Waals surface area (Å²) in [6, 6.07) is 16.5. The highest BCUT2D eigenvalue weighted by Crippen LogP contribution is 2.25. The van der Waals surface area contributed by atoms with E-state index < -0.39 is 5.97 Å². The summed E-state index contributed by atoms with van der Waals surface area (Å²) >= 11 is 0. The van der Waals surface area contributed by atoms with Gasteiger partial charge in [-0.1, -0.05) is 48.5 Å². The number of amides is 1. The summed E-state index contributed by atoms with van der Waals surface area (Å²) in [7, 11) is 1.28. The molecule has 138 valence electrons. The van der Waals surface area contributed by atoms with Crippen molar-refractivity contribution in [3.63, 3.8) is 0 Å². The molecule has 0 aliphatic heterocycles. The van der Waals surface area contributed by atoms with Crippen molar-refractivity contribution in [3.05, 3.63) is 65.9 Å². The maximum absolute atomic E-state index is 12.2. The highest BCUT2D eigenvalue weighted by atomic mass is 16.5. The van der Waals surface area contributed by atoms with Crippen LogP contribution in [0.3, 0.4) is 0 Å². The minimum atomic E-state index is -0.584. The molecule has 0 saturated carbocycles. The first kappa shape index (κ1) is 18.3. The number of hydrogen-bond acceptors (Lipinski definition) is 6. The van der Waals surface area contributed by atoms with E-state index in [-0.39, 0.29) is 30.1 Å². The van der Waals surface area contributed by atoms with E-state index in [4.69, 9.17) is 9.47 Å². The fourth-order valence-electron chi connectivity index (χ4n) is 2.68. The van der Waals surface area contributed by atoms with Crippen molar-refractivity contribution in [2.45, 2.75) is 13.0 Å². The largest absolute Gasteiger partial charge is 0.466 e. The van der Waals surface area contributed by atoms with Crippen LogP contribution in [-0.2, 0) is 9.53 Å². The normalized spacial score (nSPS) is 11.6. The van der Waals surface area contributed by atoms with Crippen LogP contribution in [0.25, 0.3) is 10.8 Å². The number of benzene rings is 2. The summed E-state index contributed by atoms with van der Waals surface area (Å²) in [5.41, 5.74) is 1.10. The number of aromatic nitrogens is 2. The van der Waals surface area contributed by atoms with Crippen molar-refractivity contribution >= 4 is 22.6 Å². The van der Waals surface area contributed by atoms with Crippen LogP contribution in [0, 0.1) is 0 Å². The van der Waals surface area contributed by atoms with E-state index in [1.54, 1.807) is 24.3 Å². The molecule has 0 aliphatic carbocycles. The Labute approximate surface area is 156 Å². The first-order chi connectivity index (χ1) is 13.1. The van der Waals surface area contributed by atoms with Gasteiger partial charge >= 0.3 is 5.97 Å². The lowest BCUT2D eigenvalue weighted by Crippen LogP contribution is -2.31. The average molecular weight is 365 g/mol. The molecule has 7 heteroatoms. The number of carbonyl (C=O) groups is 2. The molecule has 1 amide bonds. The zero-order chi connectivity index (χ0) is 19.2. The van der Waals surface area contributed by atoms with Crippen LogP contribution in [0.15, 0.2) is 54.6 Å². The van der Waals surface area contributed by atoms with Crippen molar-refractivity contribution in [1.29, 1.82) is 0 Å². The van der Waals surface area contributed by atoms with Gasteiger partial charge in [-0.15, -0.1) is 10.2 Å². The molecule has 0 spiro atoms. The van der Waals surface area contributed by atoms with E-state index in [0.717, 1.165) is 5.56 Å². The van der Waals surface area contributed by atoms with Gasteiger partial charge < -0.3 is 14.8 Å². The van der Waals surface area contributed by atoms with Crippen LogP contribution in [-0.4, -0.2) is 35.8 Å². The highest BCUT2D eigenvalue weighted by Gasteiger charge is 2.17. The second kappa shape index (κ2) is 8.27. The third-order valence-electron chi connectivity index (χ3n) is 4.05. The fraction of sp³-hybridized carbons (Fsp3) is 0.200. The molecule has 1 heterocycles. The van der Waals surface area contributed by atoms with E-state index in [0.29, 0.717) is 10.8 Å². The molecule has 1 atom stereocenters. The van der Waals surface area contributed by atoms with E-state index in [2.05, 4.69) is 15.5 Å². The van der Waals surface area contributed by atoms with Crippen LogP contribution in [0.1, 0.15) is 29.0 Å². The third-order valence-corrected chi connectivity index (χ3v) is 4.05. The topological polar surface area (TPSA) is 90.4 Å². The molecule has 1 N–H and O–H groups in total. The number of nitrogens with one attached hydrogen (secondary N) is 1. The van der Waals surface area contributed by atoms with Gasteiger partial charge in [0, 0.05) is 10.8 Å². The van der Waals surface area contributed by atoms with E-state index in [1.165, 1.54) is 7.11 Å². The van der Waals surface area contributed by atoms with E-state index >= 15 is 0 Å². The zero-order valence-electron chi connectivity index (χ0n) is 15.0. The number of rotatable bonds is 6. The number of esters is 1. The number of methoxy groups -OCH3 is 1. The van der Waals surface area contributed by atoms with Crippen LogP contribution in [0.2, 0.25) is 0 Å². The lowest BCUT2D eigenvalue weighted by Gasteiger charge is -2.15. The molecular formula is C20H19N3O4. The summed E-state index contributed by atoms with van der Waals surface area (Å²) in [4.78, 5) is 24.0. The van der Waals surface area contributed by atoms with Crippen molar-refractivity contribution in [3.8, 4) is 5.88 Å². The van der Waals surface area contributed by atoms with Crippen LogP contribution < -0.4 is 10.1 Å². The first-order valence-electron chi connectivity index (χ1n) is 8.41. The molecule has 7 nitrogen and oxygen atoms in total. The monoisotopic (exact) mass is 365 g/mol. The molecule has 0 fully saturated rings. The maximum Gasteiger partial charge on any atom is 0.359 e. The third kappa shape index (κ3) is 4.20. The Balaban J connectivity index is 1.72. The Morgan fingerprint density at radius 3 is 2.37 bits per heavy atom. The van der Waals surface area contributed by atoms with Crippen molar-refractivity contribution < 1.29 is 19.1 Å². The van der Waals surface area contributed by atoms with Crippen LogP contribution >= 0.6 is 0 Å². The van der Waals surface area contributed by atoms with Gasteiger partial charge in [-0.25, -0.2) is 4.79 Å². The van der Waals surface area contributed by atoms with E-state index in [1.807, 2.05) is 37.3 Å². The molecule has 27 heavy (non-hydrogen) atoms. The molecule has 0 radical (unpaired) electrons.